The Kier molecular flexibility index (Phi) is 7.15. The first-order valence-electron chi connectivity index (χ1n) is 6.62. The van der Waals surface area contributed by atoms with Gasteiger partial charge in [0.15, 0.2) is 0 Å². The molecule has 1 unspecified atom stereocenters. The van der Waals surface area contributed by atoms with E-state index in [1.807, 2.05) is 44.2 Å². The van der Waals surface area contributed by atoms with Crippen molar-refractivity contribution in [3.63, 3.8) is 0 Å². The number of thioether (sulfide) groups is 1. The van der Waals surface area contributed by atoms with Crippen LogP contribution < -0.4 is 5.32 Å². The van der Waals surface area contributed by atoms with Gasteiger partial charge in [-0.25, -0.2) is 0 Å². The Morgan fingerprint density at radius 3 is 2.45 bits per heavy atom. The highest BCUT2D eigenvalue weighted by Crippen LogP contribution is 2.12. The fourth-order valence-corrected chi connectivity index (χ4v) is 2.54. The highest BCUT2D eigenvalue weighted by Gasteiger charge is 2.21. The van der Waals surface area contributed by atoms with Gasteiger partial charge in [-0.15, -0.1) is 11.8 Å². The molecule has 0 aromatic heterocycles. The summed E-state index contributed by atoms with van der Waals surface area (Å²) in [6.45, 7) is 3.88. The number of carbonyl (C=O) groups is 2. The molecule has 110 valence electrons. The third kappa shape index (κ3) is 6.10. The summed E-state index contributed by atoms with van der Waals surface area (Å²) in [6.07, 6.45) is 0. The van der Waals surface area contributed by atoms with Gasteiger partial charge in [0.2, 0.25) is 5.91 Å². The molecule has 0 radical (unpaired) electrons. The lowest BCUT2D eigenvalue weighted by atomic mass is 9.96. The maximum atomic E-state index is 11.7. The third-order valence-electron chi connectivity index (χ3n) is 2.99. The van der Waals surface area contributed by atoms with Crippen LogP contribution >= 0.6 is 11.8 Å². The number of aliphatic carboxylic acids is 1. The molecule has 1 rings (SSSR count). The predicted molar refractivity (Wildman–Crippen MR) is 81.6 cm³/mol. The molecule has 20 heavy (non-hydrogen) atoms. The van der Waals surface area contributed by atoms with E-state index in [1.54, 1.807) is 0 Å². The van der Waals surface area contributed by atoms with Crippen molar-refractivity contribution >= 4 is 23.6 Å². The van der Waals surface area contributed by atoms with E-state index in [1.165, 1.54) is 17.3 Å². The van der Waals surface area contributed by atoms with Crippen LogP contribution in [0.25, 0.3) is 0 Å². The number of hydrogen-bond donors (Lipinski definition) is 2. The van der Waals surface area contributed by atoms with Gasteiger partial charge >= 0.3 is 5.97 Å². The average Bonchev–Trinajstić information content (AvgIpc) is 2.39. The van der Waals surface area contributed by atoms with Crippen molar-refractivity contribution in [3.05, 3.63) is 35.9 Å². The van der Waals surface area contributed by atoms with Crippen LogP contribution in [0.15, 0.2) is 30.3 Å². The molecule has 1 atom stereocenters. The smallest absolute Gasteiger partial charge is 0.308 e. The quantitative estimate of drug-likeness (QED) is 0.773. The number of hydrogen-bond acceptors (Lipinski definition) is 3. The van der Waals surface area contributed by atoms with Crippen LogP contribution in [0.1, 0.15) is 19.4 Å². The van der Waals surface area contributed by atoms with E-state index in [4.69, 9.17) is 5.11 Å². The first kappa shape index (κ1) is 16.6. The molecule has 1 aromatic rings. The van der Waals surface area contributed by atoms with E-state index in [-0.39, 0.29) is 18.4 Å². The molecule has 0 aliphatic carbocycles. The summed E-state index contributed by atoms with van der Waals surface area (Å²) in [5.74, 6) is -0.377. The maximum Gasteiger partial charge on any atom is 0.308 e. The van der Waals surface area contributed by atoms with Gasteiger partial charge < -0.3 is 10.4 Å². The van der Waals surface area contributed by atoms with Crippen LogP contribution in [0.5, 0.6) is 0 Å². The summed E-state index contributed by atoms with van der Waals surface area (Å²) in [5.41, 5.74) is 1.18. The predicted octanol–water partition coefficient (Wildman–Crippen LogP) is 2.39. The molecule has 5 heteroatoms. The minimum absolute atomic E-state index is 0.00442. The molecule has 0 bridgehead atoms. The van der Waals surface area contributed by atoms with E-state index < -0.39 is 11.9 Å². The van der Waals surface area contributed by atoms with E-state index >= 15 is 0 Å². The third-order valence-corrected chi connectivity index (χ3v) is 3.99. The second-order valence-electron chi connectivity index (χ2n) is 4.97. The number of rotatable bonds is 8. The number of carbonyl (C=O) groups excluding carboxylic acids is 1. The Morgan fingerprint density at radius 2 is 1.90 bits per heavy atom. The fourth-order valence-electron chi connectivity index (χ4n) is 1.72. The highest BCUT2D eigenvalue weighted by atomic mass is 32.2. The SMILES string of the molecule is CC(C)C(CNC(=O)CSCc1ccccc1)C(=O)O. The lowest BCUT2D eigenvalue weighted by Crippen LogP contribution is -2.36. The Labute approximate surface area is 124 Å². The maximum absolute atomic E-state index is 11.7. The lowest BCUT2D eigenvalue weighted by Gasteiger charge is -2.16. The summed E-state index contributed by atoms with van der Waals surface area (Å²) >= 11 is 1.52. The zero-order chi connectivity index (χ0) is 15.0. The topological polar surface area (TPSA) is 66.4 Å². The van der Waals surface area contributed by atoms with E-state index in [0.717, 1.165) is 5.75 Å². The first-order valence-corrected chi connectivity index (χ1v) is 7.77. The van der Waals surface area contributed by atoms with Crippen LogP contribution in [0.4, 0.5) is 0 Å². The van der Waals surface area contributed by atoms with Crippen LogP contribution in [0.3, 0.4) is 0 Å². The van der Waals surface area contributed by atoms with Gasteiger partial charge in [-0.1, -0.05) is 44.2 Å². The van der Waals surface area contributed by atoms with Crippen molar-refractivity contribution in [3.8, 4) is 0 Å². The van der Waals surface area contributed by atoms with Crippen molar-refractivity contribution in [2.45, 2.75) is 19.6 Å². The lowest BCUT2D eigenvalue weighted by molar-refractivity contribution is -0.143. The molecule has 0 saturated heterocycles. The van der Waals surface area contributed by atoms with Gasteiger partial charge in [0.1, 0.15) is 0 Å². The second kappa shape index (κ2) is 8.64. The van der Waals surface area contributed by atoms with Crippen LogP contribution in [0, 0.1) is 11.8 Å². The molecular formula is C15H21NO3S. The zero-order valence-corrected chi connectivity index (χ0v) is 12.7. The Hall–Kier alpha value is -1.49. The van der Waals surface area contributed by atoms with Crippen molar-refractivity contribution in [2.75, 3.05) is 12.3 Å². The number of carboxylic acid groups (broad SMARTS) is 1. The van der Waals surface area contributed by atoms with Gasteiger partial charge in [0, 0.05) is 12.3 Å². The molecular weight excluding hydrogens is 274 g/mol. The molecule has 1 amide bonds. The van der Waals surface area contributed by atoms with Crippen molar-refractivity contribution < 1.29 is 14.7 Å². The van der Waals surface area contributed by atoms with Gasteiger partial charge in [-0.3, -0.25) is 9.59 Å². The summed E-state index contributed by atoms with van der Waals surface area (Å²) < 4.78 is 0. The van der Waals surface area contributed by atoms with Crippen molar-refractivity contribution in [2.24, 2.45) is 11.8 Å². The molecule has 0 spiro atoms. The van der Waals surface area contributed by atoms with Crippen LogP contribution in [0.2, 0.25) is 0 Å². The van der Waals surface area contributed by atoms with Gasteiger partial charge in [-0.2, -0.15) is 0 Å². The summed E-state index contributed by atoms with van der Waals surface area (Å²) in [6, 6.07) is 9.93. The average molecular weight is 295 g/mol. The molecule has 0 fully saturated rings. The summed E-state index contributed by atoms with van der Waals surface area (Å²) in [7, 11) is 0. The van der Waals surface area contributed by atoms with E-state index in [2.05, 4.69) is 5.32 Å². The fraction of sp³-hybridized carbons (Fsp3) is 0.467. The second-order valence-corrected chi connectivity index (χ2v) is 5.96. The number of nitrogens with one attached hydrogen (secondary N) is 1. The normalized spacial score (nSPS) is 12.2. The van der Waals surface area contributed by atoms with Gasteiger partial charge in [-0.05, 0) is 11.5 Å². The summed E-state index contributed by atoms with van der Waals surface area (Å²) in [5, 5.41) is 11.7. The molecule has 2 N–H and O–H groups in total. The van der Waals surface area contributed by atoms with Crippen molar-refractivity contribution in [1.82, 2.24) is 5.32 Å². The molecule has 0 heterocycles. The van der Waals surface area contributed by atoms with Crippen LogP contribution in [-0.4, -0.2) is 29.3 Å². The van der Waals surface area contributed by atoms with Gasteiger partial charge in [0.25, 0.3) is 0 Å². The number of amides is 1. The van der Waals surface area contributed by atoms with Crippen molar-refractivity contribution in [1.29, 1.82) is 0 Å². The first-order chi connectivity index (χ1) is 9.50. The highest BCUT2D eigenvalue weighted by molar-refractivity contribution is 7.99. The Morgan fingerprint density at radius 1 is 1.25 bits per heavy atom. The molecule has 0 aliphatic heterocycles. The number of carboxylic acids is 1. The molecule has 0 aliphatic rings. The minimum Gasteiger partial charge on any atom is -0.481 e. The Balaban J connectivity index is 2.25. The van der Waals surface area contributed by atoms with E-state index in [0.29, 0.717) is 5.75 Å². The summed E-state index contributed by atoms with van der Waals surface area (Å²) in [4.78, 5) is 22.7. The van der Waals surface area contributed by atoms with Crippen LogP contribution in [-0.2, 0) is 15.3 Å². The monoisotopic (exact) mass is 295 g/mol. The molecule has 1 aromatic carbocycles. The Bertz CT molecular complexity index is 434. The largest absolute Gasteiger partial charge is 0.481 e. The van der Waals surface area contributed by atoms with E-state index in [9.17, 15) is 9.59 Å². The zero-order valence-electron chi connectivity index (χ0n) is 11.8. The number of benzene rings is 1. The van der Waals surface area contributed by atoms with Gasteiger partial charge in [0.05, 0.1) is 11.7 Å². The minimum atomic E-state index is -0.864. The molecule has 4 nitrogen and oxygen atoms in total. The molecule has 0 saturated carbocycles. The standard InChI is InChI=1S/C15H21NO3S/c1-11(2)13(15(18)19)8-16-14(17)10-20-9-12-6-4-3-5-7-12/h3-7,11,13H,8-10H2,1-2H3,(H,16,17)(H,18,19).